The molecule has 0 radical (unpaired) electrons. The fraction of sp³-hybridized carbons (Fsp3) is 0.158. The molecule has 2 heterocycles. The van der Waals surface area contributed by atoms with Crippen molar-refractivity contribution in [2.75, 3.05) is 0 Å². The fourth-order valence-electron chi connectivity index (χ4n) is 3.25. The lowest BCUT2D eigenvalue weighted by Gasteiger charge is -2.13. The van der Waals surface area contributed by atoms with E-state index in [1.54, 1.807) is 0 Å². The van der Waals surface area contributed by atoms with E-state index in [9.17, 15) is 4.79 Å². The van der Waals surface area contributed by atoms with Crippen molar-refractivity contribution in [1.82, 2.24) is 9.55 Å². The highest BCUT2D eigenvalue weighted by Crippen LogP contribution is 2.25. The van der Waals surface area contributed by atoms with Crippen LogP contribution < -0.4 is 5.43 Å². The van der Waals surface area contributed by atoms with Crippen molar-refractivity contribution in [3.05, 3.63) is 63.8 Å². The molecule has 0 amide bonds. The maximum absolute atomic E-state index is 13.0. The summed E-state index contributed by atoms with van der Waals surface area (Å²) in [4.78, 5) is 17.7. The molecule has 0 aliphatic rings. The first-order chi connectivity index (χ1) is 10.6. The first-order valence-corrected chi connectivity index (χ1v) is 7.36. The van der Waals surface area contributed by atoms with Gasteiger partial charge in [0, 0.05) is 17.8 Å². The van der Waals surface area contributed by atoms with Crippen LogP contribution in [-0.4, -0.2) is 9.55 Å². The summed E-state index contributed by atoms with van der Waals surface area (Å²) in [6.07, 6.45) is 0. The van der Waals surface area contributed by atoms with Crippen LogP contribution >= 0.6 is 0 Å². The summed E-state index contributed by atoms with van der Waals surface area (Å²) in [7, 11) is 1.97. The molecule has 0 bridgehead atoms. The number of aryl methyl sites for hydroxylation is 3. The number of nitrogens with zero attached hydrogens (tertiary/aromatic N) is 2. The van der Waals surface area contributed by atoms with E-state index >= 15 is 0 Å². The summed E-state index contributed by atoms with van der Waals surface area (Å²) < 4.78 is 2.02. The van der Waals surface area contributed by atoms with Gasteiger partial charge in [-0.25, -0.2) is 4.98 Å². The molecule has 0 saturated heterocycles. The highest BCUT2D eigenvalue weighted by atomic mass is 16.1. The van der Waals surface area contributed by atoms with E-state index in [1.165, 1.54) is 0 Å². The van der Waals surface area contributed by atoms with Gasteiger partial charge < -0.3 is 4.57 Å². The molecule has 22 heavy (non-hydrogen) atoms. The summed E-state index contributed by atoms with van der Waals surface area (Å²) in [6, 6.07) is 14.0. The van der Waals surface area contributed by atoms with Gasteiger partial charge in [-0.2, -0.15) is 0 Å². The number of pyridine rings is 2. The summed E-state index contributed by atoms with van der Waals surface area (Å²) in [5, 5.41) is 2.52. The van der Waals surface area contributed by atoms with Crippen LogP contribution in [0.5, 0.6) is 0 Å². The van der Waals surface area contributed by atoms with Crippen molar-refractivity contribution in [2.24, 2.45) is 7.05 Å². The van der Waals surface area contributed by atoms with Crippen LogP contribution in [0.15, 0.2) is 47.3 Å². The Balaban J connectivity index is 2.37. The number of hydrogen-bond acceptors (Lipinski definition) is 2. The molecule has 2 aromatic carbocycles. The molecule has 2 aromatic heterocycles. The highest BCUT2D eigenvalue weighted by molar-refractivity contribution is 6.00. The smallest absolute Gasteiger partial charge is 0.199 e. The van der Waals surface area contributed by atoms with Gasteiger partial charge in [0.05, 0.1) is 16.4 Å². The Morgan fingerprint density at radius 1 is 1.00 bits per heavy atom. The highest BCUT2D eigenvalue weighted by Gasteiger charge is 2.14. The number of benzene rings is 2. The largest absolute Gasteiger partial charge is 0.328 e. The minimum absolute atomic E-state index is 0.0718. The van der Waals surface area contributed by atoms with Gasteiger partial charge in [0.1, 0.15) is 5.65 Å². The third-order valence-electron chi connectivity index (χ3n) is 4.44. The van der Waals surface area contributed by atoms with Crippen molar-refractivity contribution in [1.29, 1.82) is 0 Å². The minimum atomic E-state index is 0.0718. The summed E-state index contributed by atoms with van der Waals surface area (Å²) in [5.41, 5.74) is 4.76. The maximum Gasteiger partial charge on any atom is 0.199 e. The maximum atomic E-state index is 13.0. The second-order valence-electron chi connectivity index (χ2n) is 5.86. The molecule has 108 valence electrons. The van der Waals surface area contributed by atoms with E-state index in [0.29, 0.717) is 0 Å². The Kier molecular flexibility index (Phi) is 2.61. The summed E-state index contributed by atoms with van der Waals surface area (Å²) >= 11 is 0. The normalized spacial score (nSPS) is 11.6. The molecule has 3 heteroatoms. The molecule has 4 aromatic rings. The molecule has 0 aliphatic carbocycles. The molecule has 0 N–H and O–H groups in total. The van der Waals surface area contributed by atoms with Crippen LogP contribution in [0.1, 0.15) is 11.1 Å². The van der Waals surface area contributed by atoms with Gasteiger partial charge in [0.2, 0.25) is 0 Å². The predicted octanol–water partition coefficient (Wildman–Crippen LogP) is 3.86. The SMILES string of the molecule is Cc1ccc2c(c1)c(=O)c1c(C)c3ccccc3nc1n2C. The van der Waals surface area contributed by atoms with Crippen molar-refractivity contribution < 1.29 is 0 Å². The third kappa shape index (κ3) is 1.62. The van der Waals surface area contributed by atoms with Gasteiger partial charge in [-0.3, -0.25) is 4.79 Å². The quantitative estimate of drug-likeness (QED) is 0.461. The average Bonchev–Trinajstić information content (AvgIpc) is 2.52. The number of rotatable bonds is 0. The van der Waals surface area contributed by atoms with Crippen LogP contribution in [0.4, 0.5) is 0 Å². The van der Waals surface area contributed by atoms with Crippen LogP contribution in [0, 0.1) is 13.8 Å². The average molecular weight is 288 g/mol. The van der Waals surface area contributed by atoms with Crippen LogP contribution in [0.25, 0.3) is 32.8 Å². The zero-order chi connectivity index (χ0) is 15.4. The van der Waals surface area contributed by atoms with Crippen molar-refractivity contribution >= 4 is 32.8 Å². The molecule has 3 nitrogen and oxygen atoms in total. The molecular formula is C19H16N2O. The topological polar surface area (TPSA) is 34.9 Å². The van der Waals surface area contributed by atoms with Crippen LogP contribution in [0.2, 0.25) is 0 Å². The molecule has 4 rings (SSSR count). The van der Waals surface area contributed by atoms with Gasteiger partial charge >= 0.3 is 0 Å². The van der Waals surface area contributed by atoms with Gasteiger partial charge in [-0.15, -0.1) is 0 Å². The Hall–Kier alpha value is -2.68. The zero-order valence-corrected chi connectivity index (χ0v) is 12.8. The lowest BCUT2D eigenvalue weighted by Crippen LogP contribution is -2.12. The van der Waals surface area contributed by atoms with Gasteiger partial charge in [0.15, 0.2) is 5.43 Å². The lowest BCUT2D eigenvalue weighted by molar-refractivity contribution is 0.980. The minimum Gasteiger partial charge on any atom is -0.328 e. The zero-order valence-electron chi connectivity index (χ0n) is 12.8. The molecular weight excluding hydrogens is 272 g/mol. The molecule has 0 saturated carbocycles. The Morgan fingerprint density at radius 2 is 1.77 bits per heavy atom. The second-order valence-corrected chi connectivity index (χ2v) is 5.86. The van der Waals surface area contributed by atoms with Crippen molar-refractivity contribution in [3.8, 4) is 0 Å². The van der Waals surface area contributed by atoms with Gasteiger partial charge in [0.25, 0.3) is 0 Å². The molecule has 0 fully saturated rings. The van der Waals surface area contributed by atoms with Gasteiger partial charge in [-0.1, -0.05) is 29.8 Å². The summed E-state index contributed by atoms with van der Waals surface area (Å²) in [6.45, 7) is 4.02. The molecule has 0 atom stereocenters. The first kappa shape index (κ1) is 13.0. The van der Waals surface area contributed by atoms with Crippen LogP contribution in [-0.2, 0) is 7.05 Å². The number of hydrogen-bond donors (Lipinski definition) is 0. The Labute approximate surface area is 127 Å². The lowest BCUT2D eigenvalue weighted by atomic mass is 10.0. The number of para-hydroxylation sites is 1. The predicted molar refractivity (Wildman–Crippen MR) is 91.5 cm³/mol. The van der Waals surface area contributed by atoms with E-state index in [-0.39, 0.29) is 5.43 Å². The van der Waals surface area contributed by atoms with E-state index in [0.717, 1.165) is 44.0 Å². The van der Waals surface area contributed by atoms with E-state index in [2.05, 4.69) is 0 Å². The Bertz CT molecular complexity index is 1120. The summed E-state index contributed by atoms with van der Waals surface area (Å²) in [5.74, 6) is 0. The van der Waals surface area contributed by atoms with Crippen molar-refractivity contribution in [2.45, 2.75) is 13.8 Å². The Morgan fingerprint density at radius 3 is 2.59 bits per heavy atom. The van der Waals surface area contributed by atoms with Crippen molar-refractivity contribution in [3.63, 3.8) is 0 Å². The standard InChI is InChI=1S/C19H16N2O/c1-11-8-9-16-14(10-11)18(22)17-12(2)13-6-4-5-7-15(13)20-19(17)21(16)3/h4-10H,1-3H3. The molecule has 0 aliphatic heterocycles. The third-order valence-corrected chi connectivity index (χ3v) is 4.44. The molecule has 0 unspecified atom stereocenters. The van der Waals surface area contributed by atoms with E-state index in [4.69, 9.17) is 4.98 Å². The number of fused-ring (bicyclic) bond motifs is 3. The van der Waals surface area contributed by atoms with E-state index < -0.39 is 0 Å². The monoisotopic (exact) mass is 288 g/mol. The van der Waals surface area contributed by atoms with Gasteiger partial charge in [-0.05, 0) is 37.6 Å². The van der Waals surface area contributed by atoms with E-state index in [1.807, 2.05) is 67.9 Å². The molecule has 0 spiro atoms. The first-order valence-electron chi connectivity index (χ1n) is 7.36. The fourth-order valence-corrected chi connectivity index (χ4v) is 3.25. The second kappa shape index (κ2) is 4.41. The van der Waals surface area contributed by atoms with Crippen LogP contribution in [0.3, 0.4) is 0 Å². The number of aromatic nitrogens is 2.